The van der Waals surface area contributed by atoms with E-state index in [1.54, 1.807) is 6.08 Å². The first-order valence-corrected chi connectivity index (χ1v) is 4.75. The Hall–Kier alpha value is -0.460. The Kier molecular flexibility index (Phi) is 3.64. The summed E-state index contributed by atoms with van der Waals surface area (Å²) in [5, 5.41) is 0. The van der Waals surface area contributed by atoms with E-state index in [4.69, 9.17) is 23.2 Å². The maximum atomic E-state index is 5.75. The molecular weight excluding hydrogens is 191 g/mol. The Morgan fingerprint density at radius 1 is 1.25 bits per heavy atom. The molecule has 0 aromatic heterocycles. The quantitative estimate of drug-likeness (QED) is 0.652. The zero-order chi connectivity index (χ0) is 8.97. The Labute approximate surface area is 82.8 Å². The van der Waals surface area contributed by atoms with Gasteiger partial charge in [0.1, 0.15) is 0 Å². The lowest BCUT2D eigenvalue weighted by Crippen LogP contribution is -1.87. The number of halogens is 2. The molecule has 1 rings (SSSR count). The number of alkyl halides is 2. The lowest BCUT2D eigenvalue weighted by atomic mass is 10.1. The summed E-state index contributed by atoms with van der Waals surface area (Å²) >= 11 is 11.4. The summed E-state index contributed by atoms with van der Waals surface area (Å²) in [5.74, 6) is 1.04. The van der Waals surface area contributed by atoms with Crippen LogP contribution in [0.15, 0.2) is 24.8 Å². The van der Waals surface area contributed by atoms with Crippen LogP contribution >= 0.6 is 23.2 Å². The van der Waals surface area contributed by atoms with E-state index in [0.29, 0.717) is 11.8 Å². The van der Waals surface area contributed by atoms with Crippen molar-refractivity contribution in [1.29, 1.82) is 0 Å². The van der Waals surface area contributed by atoms with Gasteiger partial charge in [-0.3, -0.25) is 0 Å². The largest absolute Gasteiger partial charge is 0.122 e. The second kappa shape index (κ2) is 4.54. The molecule has 0 fully saturated rings. The summed E-state index contributed by atoms with van der Waals surface area (Å²) in [7, 11) is 0. The predicted molar refractivity (Wildman–Crippen MR) is 55.6 cm³/mol. The highest BCUT2D eigenvalue weighted by atomic mass is 35.5. The van der Waals surface area contributed by atoms with Crippen molar-refractivity contribution in [2.24, 2.45) is 0 Å². The van der Waals surface area contributed by atoms with Gasteiger partial charge in [-0.2, -0.15) is 0 Å². The summed E-state index contributed by atoms with van der Waals surface area (Å²) in [5.41, 5.74) is 3.27. The van der Waals surface area contributed by atoms with Crippen molar-refractivity contribution in [3.05, 3.63) is 41.5 Å². The monoisotopic (exact) mass is 200 g/mol. The van der Waals surface area contributed by atoms with E-state index >= 15 is 0 Å². The minimum absolute atomic E-state index is 0.506. The van der Waals surface area contributed by atoms with Crippen molar-refractivity contribution in [2.75, 3.05) is 0 Å². The molecule has 0 saturated heterocycles. The maximum absolute atomic E-state index is 5.75. The van der Waals surface area contributed by atoms with E-state index in [1.165, 1.54) is 0 Å². The second-order valence-corrected chi connectivity index (χ2v) is 3.04. The minimum Gasteiger partial charge on any atom is -0.122 e. The average Bonchev–Trinajstić information content (AvgIpc) is 2.16. The van der Waals surface area contributed by atoms with E-state index in [2.05, 4.69) is 6.58 Å². The molecule has 0 nitrogen and oxygen atoms in total. The van der Waals surface area contributed by atoms with Gasteiger partial charge in [-0.1, -0.05) is 30.9 Å². The molecule has 0 N–H and O–H groups in total. The van der Waals surface area contributed by atoms with Crippen molar-refractivity contribution in [3.8, 4) is 0 Å². The molecule has 64 valence electrons. The van der Waals surface area contributed by atoms with Crippen molar-refractivity contribution >= 4 is 29.3 Å². The maximum Gasteiger partial charge on any atom is 0.0480 e. The molecule has 0 amide bonds. The van der Waals surface area contributed by atoms with Gasteiger partial charge >= 0.3 is 0 Å². The van der Waals surface area contributed by atoms with E-state index in [0.717, 1.165) is 16.7 Å². The van der Waals surface area contributed by atoms with Gasteiger partial charge in [0.2, 0.25) is 0 Å². The van der Waals surface area contributed by atoms with Crippen molar-refractivity contribution < 1.29 is 0 Å². The first-order chi connectivity index (χ1) is 5.81. The van der Waals surface area contributed by atoms with Gasteiger partial charge in [-0.15, -0.1) is 23.2 Å². The highest BCUT2D eigenvalue weighted by Crippen LogP contribution is 2.16. The molecule has 0 aliphatic heterocycles. The van der Waals surface area contributed by atoms with Crippen LogP contribution in [0.1, 0.15) is 16.7 Å². The Bertz CT molecular complexity index is 279. The van der Waals surface area contributed by atoms with Gasteiger partial charge in [0.15, 0.2) is 0 Å². The first kappa shape index (κ1) is 9.63. The molecule has 1 aromatic rings. The highest BCUT2D eigenvalue weighted by molar-refractivity contribution is 6.17. The SMILES string of the molecule is C=Cc1ccc(CCl)cc1CCl. The van der Waals surface area contributed by atoms with Crippen molar-refractivity contribution in [1.82, 2.24) is 0 Å². The van der Waals surface area contributed by atoms with E-state index in [1.807, 2.05) is 18.2 Å². The van der Waals surface area contributed by atoms with Crippen LogP contribution in [0.5, 0.6) is 0 Å². The van der Waals surface area contributed by atoms with Gasteiger partial charge in [-0.25, -0.2) is 0 Å². The third kappa shape index (κ3) is 2.02. The summed E-state index contributed by atoms with van der Waals surface area (Å²) in [6, 6.07) is 5.99. The zero-order valence-electron chi connectivity index (χ0n) is 6.69. The summed E-state index contributed by atoms with van der Waals surface area (Å²) < 4.78 is 0. The van der Waals surface area contributed by atoms with Crippen LogP contribution < -0.4 is 0 Å². The van der Waals surface area contributed by atoms with E-state index in [-0.39, 0.29) is 0 Å². The molecule has 0 unspecified atom stereocenters. The first-order valence-electron chi connectivity index (χ1n) is 3.68. The van der Waals surface area contributed by atoms with Gasteiger partial charge in [0.05, 0.1) is 0 Å². The second-order valence-electron chi connectivity index (χ2n) is 2.50. The predicted octanol–water partition coefficient (Wildman–Crippen LogP) is 3.81. The third-order valence-electron chi connectivity index (χ3n) is 1.73. The Balaban J connectivity index is 3.10. The fourth-order valence-corrected chi connectivity index (χ4v) is 1.45. The molecule has 0 bridgehead atoms. The lowest BCUT2D eigenvalue weighted by Gasteiger charge is -2.03. The van der Waals surface area contributed by atoms with Gasteiger partial charge in [0, 0.05) is 11.8 Å². The van der Waals surface area contributed by atoms with Gasteiger partial charge < -0.3 is 0 Å². The number of hydrogen-bond acceptors (Lipinski definition) is 0. The molecule has 0 aliphatic carbocycles. The molecule has 0 heterocycles. The molecular formula is C10H10Cl2. The standard InChI is InChI=1S/C10H10Cl2/c1-2-9-4-3-8(6-11)5-10(9)7-12/h2-5H,1,6-7H2. The topological polar surface area (TPSA) is 0 Å². The number of hydrogen-bond donors (Lipinski definition) is 0. The molecule has 0 radical (unpaired) electrons. The molecule has 0 spiro atoms. The molecule has 0 atom stereocenters. The van der Waals surface area contributed by atoms with Crippen LogP contribution in [0.4, 0.5) is 0 Å². The molecule has 0 aliphatic rings. The number of benzene rings is 1. The van der Waals surface area contributed by atoms with Gasteiger partial charge in [-0.05, 0) is 16.7 Å². The van der Waals surface area contributed by atoms with Crippen LogP contribution in [-0.4, -0.2) is 0 Å². The molecule has 2 heteroatoms. The van der Waals surface area contributed by atoms with Crippen LogP contribution in [-0.2, 0) is 11.8 Å². The molecule has 1 aromatic carbocycles. The third-order valence-corrected chi connectivity index (χ3v) is 2.32. The summed E-state index contributed by atoms with van der Waals surface area (Å²) in [6.45, 7) is 3.70. The minimum atomic E-state index is 0.506. The van der Waals surface area contributed by atoms with Crippen LogP contribution in [0.25, 0.3) is 6.08 Å². The van der Waals surface area contributed by atoms with Crippen molar-refractivity contribution in [2.45, 2.75) is 11.8 Å². The average molecular weight is 201 g/mol. The fraction of sp³-hybridized carbons (Fsp3) is 0.200. The van der Waals surface area contributed by atoms with Gasteiger partial charge in [0.25, 0.3) is 0 Å². The fourth-order valence-electron chi connectivity index (χ4n) is 1.06. The van der Waals surface area contributed by atoms with Crippen LogP contribution in [0.3, 0.4) is 0 Å². The Morgan fingerprint density at radius 2 is 2.00 bits per heavy atom. The van der Waals surface area contributed by atoms with E-state index < -0.39 is 0 Å². The molecule has 12 heavy (non-hydrogen) atoms. The van der Waals surface area contributed by atoms with Crippen LogP contribution in [0.2, 0.25) is 0 Å². The normalized spacial score (nSPS) is 9.83. The van der Waals surface area contributed by atoms with Crippen LogP contribution in [0, 0.1) is 0 Å². The smallest absolute Gasteiger partial charge is 0.0480 e. The zero-order valence-corrected chi connectivity index (χ0v) is 8.20. The Morgan fingerprint density at radius 3 is 2.50 bits per heavy atom. The molecule has 0 saturated carbocycles. The lowest BCUT2D eigenvalue weighted by molar-refractivity contribution is 1.30. The highest BCUT2D eigenvalue weighted by Gasteiger charge is 1.98. The summed E-state index contributed by atoms with van der Waals surface area (Å²) in [6.07, 6.45) is 1.80. The number of rotatable bonds is 3. The van der Waals surface area contributed by atoms with Crippen molar-refractivity contribution in [3.63, 3.8) is 0 Å². The van der Waals surface area contributed by atoms with E-state index in [9.17, 15) is 0 Å². The summed E-state index contributed by atoms with van der Waals surface area (Å²) in [4.78, 5) is 0.